The van der Waals surface area contributed by atoms with E-state index in [-0.39, 0.29) is 12.1 Å². The summed E-state index contributed by atoms with van der Waals surface area (Å²) in [7, 11) is 0. The molecule has 0 fully saturated rings. The Morgan fingerprint density at radius 1 is 1.40 bits per heavy atom. The molecule has 0 radical (unpaired) electrons. The molecule has 1 atom stereocenters. The maximum atomic E-state index is 6.06. The molecule has 108 valence electrons. The molecule has 0 aliphatic heterocycles. The maximum absolute atomic E-state index is 6.06. The fraction of sp³-hybridized carbons (Fsp3) is 0.308. The van der Waals surface area contributed by atoms with Crippen LogP contribution in [0.25, 0.3) is 0 Å². The van der Waals surface area contributed by atoms with Crippen molar-refractivity contribution in [3.8, 4) is 0 Å². The van der Waals surface area contributed by atoms with E-state index in [0.29, 0.717) is 10.7 Å². The molecule has 0 aliphatic rings. The highest BCUT2D eigenvalue weighted by molar-refractivity contribution is 9.10. The highest BCUT2D eigenvalue weighted by atomic mass is 79.9. The first-order chi connectivity index (χ1) is 9.45. The van der Waals surface area contributed by atoms with Crippen LogP contribution in [0.2, 0.25) is 5.02 Å². The maximum Gasteiger partial charge on any atom is 0.0909 e. The van der Waals surface area contributed by atoms with E-state index in [1.54, 1.807) is 18.3 Å². The Morgan fingerprint density at radius 2 is 2.10 bits per heavy atom. The molecule has 0 aliphatic carbocycles. The first kappa shape index (κ1) is 15.3. The molecule has 1 aromatic carbocycles. The van der Waals surface area contributed by atoms with Gasteiger partial charge >= 0.3 is 0 Å². The predicted molar refractivity (Wildman–Crippen MR) is 85.3 cm³/mol. The summed E-state index contributed by atoms with van der Waals surface area (Å²) in [5.41, 5.74) is 11.2. The minimum atomic E-state index is -0.272. The van der Waals surface area contributed by atoms with Gasteiger partial charge in [0.15, 0.2) is 0 Å². The monoisotopic (exact) mass is 357 g/mol. The Hall–Kier alpha value is -1.08. The molecule has 1 aromatic heterocycles. The van der Waals surface area contributed by atoms with E-state index in [1.165, 1.54) is 0 Å². The van der Waals surface area contributed by atoms with Gasteiger partial charge in [0.2, 0.25) is 0 Å². The zero-order chi connectivity index (χ0) is 14.9. The van der Waals surface area contributed by atoms with E-state index in [2.05, 4.69) is 40.3 Å². The molecule has 2 aromatic rings. The van der Waals surface area contributed by atoms with Gasteiger partial charge in [0, 0.05) is 16.8 Å². The van der Waals surface area contributed by atoms with Crippen LogP contribution in [0.1, 0.15) is 37.2 Å². The number of anilines is 1. The molecule has 2 rings (SSSR count). The zero-order valence-corrected chi connectivity index (χ0v) is 13.6. The molecule has 0 saturated carbocycles. The number of nitrogens with one attached hydrogen (secondary N) is 1. The molecule has 0 amide bonds. The van der Waals surface area contributed by atoms with Gasteiger partial charge in [-0.15, -0.1) is 0 Å². The van der Waals surface area contributed by atoms with Crippen molar-refractivity contribution in [3.63, 3.8) is 0 Å². The normalized spacial score (nSPS) is 12.9. The van der Waals surface area contributed by atoms with E-state index in [1.807, 2.05) is 10.7 Å². The number of nitrogens with two attached hydrogens (primary N) is 2. The number of hydrazine groups is 1. The Balaban J connectivity index is 2.55. The van der Waals surface area contributed by atoms with Gasteiger partial charge in [0.05, 0.1) is 22.4 Å². The third-order valence-electron chi connectivity index (χ3n) is 3.08. The van der Waals surface area contributed by atoms with E-state index in [9.17, 15) is 0 Å². The number of halogens is 2. The van der Waals surface area contributed by atoms with Crippen molar-refractivity contribution in [2.24, 2.45) is 5.84 Å². The number of hydrogen-bond donors (Lipinski definition) is 3. The first-order valence-corrected chi connectivity index (χ1v) is 7.36. The lowest BCUT2D eigenvalue weighted by Crippen LogP contribution is -2.32. The lowest BCUT2D eigenvalue weighted by molar-refractivity contribution is 0.475. The van der Waals surface area contributed by atoms with Crippen molar-refractivity contribution in [3.05, 3.63) is 45.1 Å². The second kappa shape index (κ2) is 6.13. The second-order valence-corrected chi connectivity index (χ2v) is 6.08. The number of nitrogens with zero attached hydrogens (tertiary/aromatic N) is 2. The highest BCUT2D eigenvalue weighted by Gasteiger charge is 2.23. The van der Waals surface area contributed by atoms with Gasteiger partial charge in [-0.25, -0.2) is 5.43 Å². The number of hydrogen-bond acceptors (Lipinski definition) is 4. The van der Waals surface area contributed by atoms with Crippen LogP contribution in [0.15, 0.2) is 28.9 Å². The third-order valence-corrected chi connectivity index (χ3v) is 3.92. The largest absolute Gasteiger partial charge is 0.398 e. The van der Waals surface area contributed by atoms with Crippen LogP contribution in [-0.2, 0) is 0 Å². The van der Waals surface area contributed by atoms with Gasteiger partial charge < -0.3 is 5.73 Å². The van der Waals surface area contributed by atoms with Crippen LogP contribution in [-0.4, -0.2) is 9.78 Å². The smallest absolute Gasteiger partial charge is 0.0909 e. The van der Waals surface area contributed by atoms with E-state index >= 15 is 0 Å². The standard InChI is InChI=1S/C13H17BrClN5/c1-7(2)20-13(10(14)6-18-20)12(19-17)9-4-3-8(15)5-11(9)16/h3-7,12,19H,16-17H2,1-2H3. The number of aromatic nitrogens is 2. The molecule has 5 nitrogen and oxygen atoms in total. The van der Waals surface area contributed by atoms with E-state index in [0.717, 1.165) is 15.7 Å². The molecule has 1 unspecified atom stereocenters. The Kier molecular flexibility index (Phi) is 4.70. The summed E-state index contributed by atoms with van der Waals surface area (Å²) in [4.78, 5) is 0. The summed E-state index contributed by atoms with van der Waals surface area (Å²) in [5.74, 6) is 5.74. The quantitative estimate of drug-likeness (QED) is 0.446. The fourth-order valence-electron chi connectivity index (χ4n) is 2.16. The highest BCUT2D eigenvalue weighted by Crippen LogP contribution is 2.33. The summed E-state index contributed by atoms with van der Waals surface area (Å²) in [6.45, 7) is 4.11. The molecule has 7 heteroatoms. The van der Waals surface area contributed by atoms with Crippen LogP contribution >= 0.6 is 27.5 Å². The summed E-state index contributed by atoms with van der Waals surface area (Å²) in [6.07, 6.45) is 1.76. The van der Waals surface area contributed by atoms with Crippen LogP contribution in [0.4, 0.5) is 5.69 Å². The summed E-state index contributed by atoms with van der Waals surface area (Å²) < 4.78 is 2.78. The molecule has 1 heterocycles. The van der Waals surface area contributed by atoms with Gasteiger partial charge in [-0.3, -0.25) is 10.5 Å². The zero-order valence-electron chi connectivity index (χ0n) is 11.3. The van der Waals surface area contributed by atoms with Gasteiger partial charge in [-0.05, 0) is 47.5 Å². The van der Waals surface area contributed by atoms with Crippen LogP contribution in [0.3, 0.4) is 0 Å². The predicted octanol–water partition coefficient (Wildman–Crippen LogP) is 3.01. The van der Waals surface area contributed by atoms with Crippen LogP contribution < -0.4 is 17.0 Å². The molecule has 0 bridgehead atoms. The van der Waals surface area contributed by atoms with Gasteiger partial charge in [0.25, 0.3) is 0 Å². The van der Waals surface area contributed by atoms with Crippen molar-refractivity contribution in [1.82, 2.24) is 15.2 Å². The lowest BCUT2D eigenvalue weighted by atomic mass is 10.0. The second-order valence-electron chi connectivity index (χ2n) is 4.79. The van der Waals surface area contributed by atoms with Crippen molar-refractivity contribution in [2.75, 3.05) is 5.73 Å². The molecule has 20 heavy (non-hydrogen) atoms. The van der Waals surface area contributed by atoms with Crippen molar-refractivity contribution < 1.29 is 0 Å². The Bertz CT molecular complexity index is 611. The van der Waals surface area contributed by atoms with Crippen molar-refractivity contribution in [1.29, 1.82) is 0 Å². The van der Waals surface area contributed by atoms with Crippen molar-refractivity contribution >= 4 is 33.2 Å². The minimum Gasteiger partial charge on any atom is -0.398 e. The summed E-state index contributed by atoms with van der Waals surface area (Å²) in [5, 5.41) is 4.96. The molecular weight excluding hydrogens is 342 g/mol. The minimum absolute atomic E-state index is 0.209. The number of rotatable bonds is 4. The Morgan fingerprint density at radius 3 is 2.65 bits per heavy atom. The average Bonchev–Trinajstić information content (AvgIpc) is 2.75. The average molecular weight is 359 g/mol. The SMILES string of the molecule is CC(C)n1ncc(Br)c1C(NN)c1ccc(Cl)cc1N. The molecule has 0 spiro atoms. The number of nitrogen functional groups attached to an aromatic ring is 1. The first-order valence-electron chi connectivity index (χ1n) is 6.19. The Labute approximate surface area is 131 Å². The molecule has 5 N–H and O–H groups in total. The van der Waals surface area contributed by atoms with Crippen LogP contribution in [0, 0.1) is 0 Å². The summed E-state index contributed by atoms with van der Waals surface area (Å²) >= 11 is 9.46. The van der Waals surface area contributed by atoms with Crippen LogP contribution in [0.5, 0.6) is 0 Å². The topological polar surface area (TPSA) is 81.9 Å². The molecule has 0 saturated heterocycles. The molecular formula is C13H17BrClN5. The summed E-state index contributed by atoms with van der Waals surface area (Å²) in [6, 6.07) is 5.31. The fourth-order valence-corrected chi connectivity index (χ4v) is 2.84. The third kappa shape index (κ3) is 2.83. The van der Waals surface area contributed by atoms with E-state index in [4.69, 9.17) is 23.2 Å². The van der Waals surface area contributed by atoms with E-state index < -0.39 is 0 Å². The van der Waals surface area contributed by atoms with Crippen molar-refractivity contribution in [2.45, 2.75) is 25.9 Å². The van der Waals surface area contributed by atoms with Gasteiger partial charge in [-0.2, -0.15) is 5.10 Å². The van der Waals surface area contributed by atoms with Gasteiger partial charge in [0.1, 0.15) is 0 Å². The lowest BCUT2D eigenvalue weighted by Gasteiger charge is -2.22. The number of benzene rings is 1. The van der Waals surface area contributed by atoms with Gasteiger partial charge in [-0.1, -0.05) is 17.7 Å².